The molecule has 3 heteroatoms. The van der Waals surface area contributed by atoms with Crippen LogP contribution in [0.25, 0.3) is 0 Å². The van der Waals surface area contributed by atoms with Crippen LogP contribution in [-0.4, -0.2) is 18.3 Å². The Labute approximate surface area is 102 Å². The number of carbonyl (C=O) groups excluding carboxylic acids is 1. The zero-order chi connectivity index (χ0) is 11.8. The molecule has 0 spiro atoms. The van der Waals surface area contributed by atoms with Gasteiger partial charge in [-0.25, -0.2) is 0 Å². The first kappa shape index (κ1) is 13.0. The Balaban J connectivity index is 2.26. The molecule has 1 atom stereocenters. The first-order valence-corrected chi connectivity index (χ1v) is 6.12. The highest BCUT2D eigenvalue weighted by atomic mass is 35.5. The summed E-state index contributed by atoms with van der Waals surface area (Å²) in [4.78, 5) is 11.6. The second-order valence-corrected chi connectivity index (χ2v) is 4.43. The van der Waals surface area contributed by atoms with Crippen LogP contribution in [-0.2, 0) is 11.2 Å². The number of halogens is 1. The Morgan fingerprint density at radius 3 is 2.69 bits per heavy atom. The summed E-state index contributed by atoms with van der Waals surface area (Å²) in [6.07, 6.45) is 1.39. The Morgan fingerprint density at radius 1 is 1.38 bits per heavy atom. The lowest BCUT2D eigenvalue weighted by molar-refractivity contribution is -0.120. The van der Waals surface area contributed by atoms with Gasteiger partial charge in [-0.1, -0.05) is 37.3 Å². The van der Waals surface area contributed by atoms with Gasteiger partial charge in [0.1, 0.15) is 0 Å². The van der Waals surface area contributed by atoms with E-state index in [1.54, 1.807) is 0 Å². The average molecular weight is 240 g/mol. The predicted molar refractivity (Wildman–Crippen MR) is 67.7 cm³/mol. The van der Waals surface area contributed by atoms with Crippen molar-refractivity contribution in [3.05, 3.63) is 35.9 Å². The molecule has 1 amide bonds. The van der Waals surface area contributed by atoms with Gasteiger partial charge in [0.2, 0.25) is 5.91 Å². The van der Waals surface area contributed by atoms with Crippen molar-refractivity contribution in [3.8, 4) is 0 Å². The molecule has 1 aromatic carbocycles. The van der Waals surface area contributed by atoms with Gasteiger partial charge in [0.15, 0.2) is 0 Å². The number of amides is 1. The van der Waals surface area contributed by atoms with Crippen LogP contribution >= 0.6 is 11.6 Å². The normalized spacial score (nSPS) is 12.1. The molecule has 1 unspecified atom stereocenters. The molecule has 0 bridgehead atoms. The second-order valence-electron chi connectivity index (χ2n) is 4.05. The van der Waals surface area contributed by atoms with Gasteiger partial charge in [-0.3, -0.25) is 4.79 Å². The largest absolute Gasteiger partial charge is 0.356 e. The van der Waals surface area contributed by atoms with Crippen LogP contribution in [0.15, 0.2) is 30.3 Å². The molecule has 88 valence electrons. The van der Waals surface area contributed by atoms with Crippen molar-refractivity contribution in [1.82, 2.24) is 5.32 Å². The summed E-state index contributed by atoms with van der Waals surface area (Å²) in [6, 6.07) is 9.75. The van der Waals surface area contributed by atoms with E-state index in [0.717, 1.165) is 12.0 Å². The highest BCUT2D eigenvalue weighted by Crippen LogP contribution is 2.02. The molecule has 0 aliphatic carbocycles. The Bertz CT molecular complexity index is 313. The first-order valence-electron chi connectivity index (χ1n) is 5.59. The van der Waals surface area contributed by atoms with Gasteiger partial charge in [0.25, 0.3) is 0 Å². The fourth-order valence-corrected chi connectivity index (χ4v) is 1.79. The molecule has 2 nitrogen and oxygen atoms in total. The summed E-state index contributed by atoms with van der Waals surface area (Å²) in [5.74, 6) is 1.17. The molecule has 0 aromatic heterocycles. The third-order valence-electron chi connectivity index (χ3n) is 2.46. The zero-order valence-corrected chi connectivity index (χ0v) is 10.3. The van der Waals surface area contributed by atoms with E-state index in [1.165, 1.54) is 0 Å². The van der Waals surface area contributed by atoms with Crippen LogP contribution in [0.2, 0.25) is 0 Å². The minimum absolute atomic E-state index is 0.0765. The van der Waals surface area contributed by atoms with Crippen molar-refractivity contribution in [1.29, 1.82) is 0 Å². The van der Waals surface area contributed by atoms with Crippen molar-refractivity contribution >= 4 is 17.5 Å². The van der Waals surface area contributed by atoms with Crippen molar-refractivity contribution in [2.75, 3.05) is 12.4 Å². The van der Waals surface area contributed by atoms with E-state index in [1.807, 2.05) is 30.3 Å². The van der Waals surface area contributed by atoms with E-state index in [2.05, 4.69) is 12.2 Å². The highest BCUT2D eigenvalue weighted by molar-refractivity contribution is 6.17. The number of benzene rings is 1. The number of nitrogens with one attached hydrogen (secondary N) is 1. The number of hydrogen-bond donors (Lipinski definition) is 1. The summed E-state index contributed by atoms with van der Waals surface area (Å²) in [5, 5.41) is 2.92. The van der Waals surface area contributed by atoms with Gasteiger partial charge in [0.05, 0.1) is 6.42 Å². The summed E-state index contributed by atoms with van der Waals surface area (Å²) in [7, 11) is 0. The third-order valence-corrected chi connectivity index (χ3v) is 2.68. The molecule has 0 saturated carbocycles. The van der Waals surface area contributed by atoms with Crippen molar-refractivity contribution in [2.45, 2.75) is 19.8 Å². The Morgan fingerprint density at radius 2 is 2.06 bits per heavy atom. The van der Waals surface area contributed by atoms with Gasteiger partial charge in [-0.15, -0.1) is 11.6 Å². The van der Waals surface area contributed by atoms with E-state index in [0.29, 0.717) is 24.8 Å². The van der Waals surface area contributed by atoms with Crippen LogP contribution in [0.4, 0.5) is 0 Å². The summed E-state index contributed by atoms with van der Waals surface area (Å²) in [5.41, 5.74) is 1.05. The number of alkyl halides is 1. The Hall–Kier alpha value is -1.02. The molecule has 0 aliphatic rings. The molecule has 1 N–H and O–H groups in total. The van der Waals surface area contributed by atoms with E-state index in [9.17, 15) is 4.79 Å². The van der Waals surface area contributed by atoms with Crippen LogP contribution in [0.5, 0.6) is 0 Å². The third kappa shape index (κ3) is 5.17. The minimum atomic E-state index is 0.0765. The maximum absolute atomic E-state index is 11.6. The molecular weight excluding hydrogens is 222 g/mol. The molecule has 0 aliphatic heterocycles. The van der Waals surface area contributed by atoms with Gasteiger partial charge in [0, 0.05) is 12.4 Å². The van der Waals surface area contributed by atoms with E-state index in [4.69, 9.17) is 11.6 Å². The van der Waals surface area contributed by atoms with Crippen molar-refractivity contribution in [3.63, 3.8) is 0 Å². The molecule has 1 rings (SSSR count). The summed E-state index contributed by atoms with van der Waals surface area (Å²) < 4.78 is 0. The van der Waals surface area contributed by atoms with Crippen LogP contribution in [0.3, 0.4) is 0 Å². The molecule has 1 aromatic rings. The fraction of sp³-hybridized carbons (Fsp3) is 0.462. The number of carbonyl (C=O) groups is 1. The lowest BCUT2D eigenvalue weighted by Crippen LogP contribution is -2.29. The van der Waals surface area contributed by atoms with Crippen molar-refractivity contribution in [2.24, 2.45) is 5.92 Å². The molecule has 16 heavy (non-hydrogen) atoms. The maximum Gasteiger partial charge on any atom is 0.224 e. The first-order chi connectivity index (χ1) is 7.72. The molecule has 0 fully saturated rings. The average Bonchev–Trinajstić information content (AvgIpc) is 2.28. The quantitative estimate of drug-likeness (QED) is 0.760. The molecular formula is C13H18ClNO. The van der Waals surface area contributed by atoms with Crippen molar-refractivity contribution < 1.29 is 4.79 Å². The highest BCUT2D eigenvalue weighted by Gasteiger charge is 2.05. The SMILES string of the molecule is CC(CCCl)CNC(=O)Cc1ccccc1. The Kier molecular flexibility index (Phi) is 5.94. The zero-order valence-electron chi connectivity index (χ0n) is 9.58. The molecule has 0 heterocycles. The monoisotopic (exact) mass is 239 g/mol. The van der Waals surface area contributed by atoms with Gasteiger partial charge in [-0.05, 0) is 17.9 Å². The van der Waals surface area contributed by atoms with E-state index < -0.39 is 0 Å². The van der Waals surface area contributed by atoms with Crippen LogP contribution in [0.1, 0.15) is 18.9 Å². The predicted octanol–water partition coefficient (Wildman–Crippen LogP) is 2.61. The smallest absolute Gasteiger partial charge is 0.224 e. The maximum atomic E-state index is 11.6. The number of hydrogen-bond acceptors (Lipinski definition) is 1. The lowest BCUT2D eigenvalue weighted by Gasteiger charge is -2.10. The summed E-state index contributed by atoms with van der Waals surface area (Å²) >= 11 is 5.63. The topological polar surface area (TPSA) is 29.1 Å². The van der Waals surface area contributed by atoms with Crippen LogP contribution in [0, 0.1) is 5.92 Å². The van der Waals surface area contributed by atoms with E-state index >= 15 is 0 Å². The molecule has 0 saturated heterocycles. The van der Waals surface area contributed by atoms with Gasteiger partial charge < -0.3 is 5.32 Å². The summed E-state index contributed by atoms with van der Waals surface area (Å²) in [6.45, 7) is 2.80. The van der Waals surface area contributed by atoms with Gasteiger partial charge >= 0.3 is 0 Å². The number of rotatable bonds is 6. The standard InChI is InChI=1S/C13H18ClNO/c1-11(7-8-14)10-15-13(16)9-12-5-3-2-4-6-12/h2-6,11H,7-10H2,1H3,(H,15,16). The lowest BCUT2D eigenvalue weighted by atomic mass is 10.1. The second kappa shape index (κ2) is 7.29. The van der Waals surface area contributed by atoms with Crippen LogP contribution < -0.4 is 5.32 Å². The van der Waals surface area contributed by atoms with E-state index in [-0.39, 0.29) is 5.91 Å². The molecule has 0 radical (unpaired) electrons. The minimum Gasteiger partial charge on any atom is -0.356 e. The van der Waals surface area contributed by atoms with Gasteiger partial charge in [-0.2, -0.15) is 0 Å². The fourth-order valence-electron chi connectivity index (χ4n) is 1.42.